The van der Waals surface area contributed by atoms with Crippen molar-refractivity contribution in [1.82, 2.24) is 0 Å². The fourth-order valence-corrected chi connectivity index (χ4v) is 1.53. The van der Waals surface area contributed by atoms with Crippen molar-refractivity contribution in [2.45, 2.75) is 13.5 Å². The summed E-state index contributed by atoms with van der Waals surface area (Å²) in [7, 11) is 0. The molecule has 0 amide bonds. The lowest BCUT2D eigenvalue weighted by Gasteiger charge is -1.98. The zero-order valence-electron chi connectivity index (χ0n) is 9.60. The largest absolute Gasteiger partial charge is 1.00 e. The van der Waals surface area contributed by atoms with Crippen molar-refractivity contribution >= 4 is 0 Å². The van der Waals surface area contributed by atoms with E-state index in [4.69, 9.17) is 5.26 Å². The third-order valence-electron chi connectivity index (χ3n) is 2.51. The number of nitrogens with zero attached hydrogens (tertiary/aromatic N) is 2. The van der Waals surface area contributed by atoms with Gasteiger partial charge in [0.2, 0.25) is 0 Å². The van der Waals surface area contributed by atoms with Crippen LogP contribution >= 0.6 is 0 Å². The Hall–Kier alpha value is -1.66. The van der Waals surface area contributed by atoms with Crippen molar-refractivity contribution in [3.05, 3.63) is 65.5 Å². The van der Waals surface area contributed by atoms with Gasteiger partial charge in [-0.15, -0.1) is 0 Å². The SMILES string of the molecule is Cc1cc[n+](Cc2ccc(C#N)cc2)cc1.[Br-]. The minimum absolute atomic E-state index is 0. The molecule has 2 nitrogen and oxygen atoms in total. The van der Waals surface area contributed by atoms with Crippen LogP contribution in [0.3, 0.4) is 0 Å². The molecule has 1 aromatic carbocycles. The summed E-state index contributed by atoms with van der Waals surface area (Å²) in [6, 6.07) is 14.0. The Kier molecular flexibility index (Phi) is 4.86. The van der Waals surface area contributed by atoms with Crippen molar-refractivity contribution in [2.75, 3.05) is 0 Å². The van der Waals surface area contributed by atoms with Gasteiger partial charge in [-0.1, -0.05) is 12.1 Å². The standard InChI is InChI=1S/C14H13N2.BrH/c1-12-6-8-16(9-7-12)11-14-4-2-13(10-15)3-5-14;/h2-9H,11H2,1H3;1H/q+1;/p-1. The van der Waals surface area contributed by atoms with Gasteiger partial charge in [0.25, 0.3) is 0 Å². The Labute approximate surface area is 112 Å². The van der Waals surface area contributed by atoms with Crippen LogP contribution in [-0.2, 0) is 6.54 Å². The van der Waals surface area contributed by atoms with Gasteiger partial charge in [0, 0.05) is 17.7 Å². The van der Waals surface area contributed by atoms with E-state index in [-0.39, 0.29) is 17.0 Å². The van der Waals surface area contributed by atoms with Crippen LogP contribution in [0.15, 0.2) is 48.8 Å². The first-order valence-corrected chi connectivity index (χ1v) is 5.23. The maximum Gasteiger partial charge on any atom is 0.173 e. The molecule has 86 valence electrons. The fraction of sp³-hybridized carbons (Fsp3) is 0.143. The van der Waals surface area contributed by atoms with E-state index in [0.717, 1.165) is 6.54 Å². The summed E-state index contributed by atoms with van der Waals surface area (Å²) in [5.41, 5.74) is 3.17. The van der Waals surface area contributed by atoms with Gasteiger partial charge in [-0.25, -0.2) is 4.57 Å². The minimum atomic E-state index is 0. The summed E-state index contributed by atoms with van der Waals surface area (Å²) < 4.78 is 2.12. The van der Waals surface area contributed by atoms with E-state index < -0.39 is 0 Å². The predicted octanol–water partition coefficient (Wildman–Crippen LogP) is -0.793. The molecular weight excluding hydrogens is 276 g/mol. The smallest absolute Gasteiger partial charge is 0.173 e. The van der Waals surface area contributed by atoms with Crippen molar-refractivity contribution in [3.8, 4) is 6.07 Å². The van der Waals surface area contributed by atoms with Gasteiger partial charge in [-0.3, -0.25) is 0 Å². The van der Waals surface area contributed by atoms with E-state index in [1.807, 2.05) is 24.3 Å². The summed E-state index contributed by atoms with van der Waals surface area (Å²) >= 11 is 0. The molecule has 0 saturated carbocycles. The van der Waals surface area contributed by atoms with Gasteiger partial charge >= 0.3 is 0 Å². The molecule has 1 aromatic heterocycles. The van der Waals surface area contributed by atoms with Gasteiger partial charge in [0.15, 0.2) is 18.9 Å². The molecule has 1 heterocycles. The number of benzene rings is 1. The highest BCUT2D eigenvalue weighted by atomic mass is 79.9. The topological polar surface area (TPSA) is 27.7 Å². The number of aromatic nitrogens is 1. The third-order valence-corrected chi connectivity index (χ3v) is 2.51. The molecule has 0 bridgehead atoms. The van der Waals surface area contributed by atoms with Gasteiger partial charge in [0.1, 0.15) is 0 Å². The van der Waals surface area contributed by atoms with Crippen LogP contribution in [0, 0.1) is 18.3 Å². The molecule has 0 radical (unpaired) electrons. The molecule has 17 heavy (non-hydrogen) atoms. The number of hydrogen-bond donors (Lipinski definition) is 0. The van der Waals surface area contributed by atoms with E-state index in [0.29, 0.717) is 5.56 Å². The van der Waals surface area contributed by atoms with Crippen LogP contribution < -0.4 is 21.5 Å². The molecule has 0 atom stereocenters. The summed E-state index contributed by atoms with van der Waals surface area (Å²) in [6.45, 7) is 2.91. The Balaban J connectivity index is 0.00000144. The molecule has 2 aromatic rings. The first-order valence-electron chi connectivity index (χ1n) is 5.23. The van der Waals surface area contributed by atoms with Crippen LogP contribution in [0.25, 0.3) is 0 Å². The quantitative estimate of drug-likeness (QED) is 0.666. The van der Waals surface area contributed by atoms with Crippen LogP contribution in [-0.4, -0.2) is 0 Å². The summed E-state index contributed by atoms with van der Waals surface area (Å²) in [6.07, 6.45) is 4.13. The van der Waals surface area contributed by atoms with Crippen LogP contribution in [0.5, 0.6) is 0 Å². The number of rotatable bonds is 2. The minimum Gasteiger partial charge on any atom is -1.00 e. The highest BCUT2D eigenvalue weighted by Crippen LogP contribution is 2.02. The zero-order valence-corrected chi connectivity index (χ0v) is 11.2. The summed E-state index contributed by atoms with van der Waals surface area (Å²) in [4.78, 5) is 0. The third kappa shape index (κ3) is 3.69. The Morgan fingerprint density at radius 3 is 2.18 bits per heavy atom. The van der Waals surface area contributed by atoms with E-state index in [2.05, 4.69) is 42.1 Å². The van der Waals surface area contributed by atoms with Crippen LogP contribution in [0.1, 0.15) is 16.7 Å². The van der Waals surface area contributed by atoms with E-state index in [1.165, 1.54) is 11.1 Å². The molecule has 0 fully saturated rings. The molecule has 0 spiro atoms. The monoisotopic (exact) mass is 288 g/mol. The average Bonchev–Trinajstić information content (AvgIpc) is 2.33. The van der Waals surface area contributed by atoms with Gasteiger partial charge in [0.05, 0.1) is 11.6 Å². The second-order valence-corrected chi connectivity index (χ2v) is 3.86. The van der Waals surface area contributed by atoms with Gasteiger partial charge < -0.3 is 17.0 Å². The number of halogens is 1. The molecule has 0 N–H and O–H groups in total. The summed E-state index contributed by atoms with van der Waals surface area (Å²) in [5, 5.41) is 8.69. The first-order chi connectivity index (χ1) is 7.78. The van der Waals surface area contributed by atoms with Gasteiger partial charge in [-0.2, -0.15) is 5.26 Å². The fourth-order valence-electron chi connectivity index (χ4n) is 1.53. The molecule has 0 aliphatic rings. The molecule has 0 aliphatic heterocycles. The van der Waals surface area contributed by atoms with Crippen molar-refractivity contribution in [2.24, 2.45) is 0 Å². The van der Waals surface area contributed by atoms with Crippen molar-refractivity contribution in [1.29, 1.82) is 5.26 Å². The van der Waals surface area contributed by atoms with Crippen molar-refractivity contribution in [3.63, 3.8) is 0 Å². The molecular formula is C14H13BrN2. The molecule has 0 aliphatic carbocycles. The van der Waals surface area contributed by atoms with Crippen LogP contribution in [0.2, 0.25) is 0 Å². The number of nitriles is 1. The highest BCUT2D eigenvalue weighted by molar-refractivity contribution is 5.31. The second kappa shape index (κ2) is 6.17. The Morgan fingerprint density at radius 1 is 1.06 bits per heavy atom. The maximum atomic E-state index is 8.69. The number of hydrogen-bond acceptors (Lipinski definition) is 1. The zero-order chi connectivity index (χ0) is 11.4. The normalized spacial score (nSPS) is 9.18. The lowest BCUT2D eigenvalue weighted by atomic mass is 10.1. The Bertz CT molecular complexity index is 509. The molecule has 2 rings (SSSR count). The van der Waals surface area contributed by atoms with Crippen LogP contribution in [0.4, 0.5) is 0 Å². The average molecular weight is 289 g/mol. The number of aryl methyl sites for hydroxylation is 1. The van der Waals surface area contributed by atoms with E-state index in [1.54, 1.807) is 0 Å². The summed E-state index contributed by atoms with van der Waals surface area (Å²) in [5.74, 6) is 0. The molecule has 0 unspecified atom stereocenters. The maximum absolute atomic E-state index is 8.69. The number of pyridine rings is 1. The lowest BCUT2D eigenvalue weighted by Crippen LogP contribution is -3.00. The predicted molar refractivity (Wildman–Crippen MR) is 61.6 cm³/mol. The second-order valence-electron chi connectivity index (χ2n) is 3.86. The lowest BCUT2D eigenvalue weighted by molar-refractivity contribution is -0.688. The van der Waals surface area contributed by atoms with E-state index >= 15 is 0 Å². The van der Waals surface area contributed by atoms with Gasteiger partial charge in [-0.05, 0) is 24.6 Å². The molecule has 3 heteroatoms. The molecule has 0 saturated heterocycles. The highest BCUT2D eigenvalue weighted by Gasteiger charge is 2.01. The van der Waals surface area contributed by atoms with Crippen molar-refractivity contribution < 1.29 is 21.5 Å². The van der Waals surface area contributed by atoms with E-state index in [9.17, 15) is 0 Å². The Morgan fingerprint density at radius 2 is 1.65 bits per heavy atom. The first kappa shape index (κ1) is 13.4.